The summed E-state index contributed by atoms with van der Waals surface area (Å²) in [4.78, 5) is 11.5. The van der Waals surface area contributed by atoms with E-state index in [9.17, 15) is 13.2 Å². The number of nitrogens with zero attached hydrogens (tertiary/aromatic N) is 1. The maximum atomic E-state index is 12.8. The number of carbonyl (C=O) groups is 1. The van der Waals surface area contributed by atoms with Crippen LogP contribution in [-0.2, 0) is 19.6 Å². The Bertz CT molecular complexity index is 630. The summed E-state index contributed by atoms with van der Waals surface area (Å²) in [5.41, 5.74) is 5.94. The number of hydrogen-bond donors (Lipinski definition) is 1. The lowest BCUT2D eigenvalue weighted by Crippen LogP contribution is -2.47. The molecule has 0 heterocycles. The zero-order chi connectivity index (χ0) is 16.9. The number of methoxy groups -OCH3 is 2. The summed E-state index contributed by atoms with van der Waals surface area (Å²) in [6.45, 7) is 3.39. The molecule has 0 saturated carbocycles. The first-order chi connectivity index (χ1) is 10.3. The van der Waals surface area contributed by atoms with Gasteiger partial charge in [-0.3, -0.25) is 4.79 Å². The molecule has 1 amide bonds. The lowest BCUT2D eigenvalue weighted by molar-refractivity contribution is -0.121. The molecule has 0 aliphatic heterocycles. The zero-order valence-corrected chi connectivity index (χ0v) is 14.0. The van der Waals surface area contributed by atoms with E-state index in [0.717, 1.165) is 4.31 Å². The highest BCUT2D eigenvalue weighted by molar-refractivity contribution is 7.89. The third kappa shape index (κ3) is 3.96. The molecule has 1 atom stereocenters. The monoisotopic (exact) mass is 330 g/mol. The van der Waals surface area contributed by atoms with Crippen molar-refractivity contribution < 1.29 is 22.7 Å². The minimum absolute atomic E-state index is 0.0357. The smallest absolute Gasteiger partial charge is 0.243 e. The van der Waals surface area contributed by atoms with E-state index >= 15 is 0 Å². The molecule has 0 saturated heterocycles. The molecule has 1 aromatic rings. The molecule has 0 aliphatic rings. The molecular weight excluding hydrogens is 308 g/mol. The molecular formula is C14H22N2O5S. The number of hydrogen-bond acceptors (Lipinski definition) is 5. The Morgan fingerprint density at radius 3 is 2.45 bits per heavy atom. The van der Waals surface area contributed by atoms with Crippen molar-refractivity contribution >= 4 is 15.9 Å². The van der Waals surface area contributed by atoms with Crippen molar-refractivity contribution in [3.63, 3.8) is 0 Å². The number of sulfonamides is 1. The van der Waals surface area contributed by atoms with Gasteiger partial charge in [-0.1, -0.05) is 0 Å². The number of amides is 1. The number of benzene rings is 1. The van der Waals surface area contributed by atoms with E-state index in [1.54, 1.807) is 13.0 Å². The molecule has 2 N–H and O–H groups in total. The van der Waals surface area contributed by atoms with Crippen LogP contribution in [-0.4, -0.2) is 52.0 Å². The highest BCUT2D eigenvalue weighted by Gasteiger charge is 2.32. The van der Waals surface area contributed by atoms with Gasteiger partial charge in [0.2, 0.25) is 15.9 Å². The van der Waals surface area contributed by atoms with E-state index < -0.39 is 22.0 Å². The summed E-state index contributed by atoms with van der Waals surface area (Å²) < 4.78 is 36.6. The molecule has 8 heteroatoms. The molecule has 0 fully saturated rings. The second kappa shape index (κ2) is 7.57. The molecule has 0 radical (unpaired) electrons. The van der Waals surface area contributed by atoms with Crippen LogP contribution in [0, 0.1) is 6.92 Å². The number of carbonyl (C=O) groups excluding carboxylic acids is 1. The van der Waals surface area contributed by atoms with Gasteiger partial charge >= 0.3 is 0 Å². The van der Waals surface area contributed by atoms with Crippen molar-refractivity contribution in [2.24, 2.45) is 5.73 Å². The van der Waals surface area contributed by atoms with Crippen molar-refractivity contribution in [1.82, 2.24) is 4.31 Å². The van der Waals surface area contributed by atoms with E-state index in [4.69, 9.17) is 15.2 Å². The van der Waals surface area contributed by atoms with Crippen LogP contribution in [0.5, 0.6) is 5.75 Å². The van der Waals surface area contributed by atoms with Gasteiger partial charge < -0.3 is 15.2 Å². The lowest BCUT2D eigenvalue weighted by Gasteiger charge is -2.26. The van der Waals surface area contributed by atoms with Crippen LogP contribution < -0.4 is 10.5 Å². The highest BCUT2D eigenvalue weighted by atomic mass is 32.2. The van der Waals surface area contributed by atoms with Gasteiger partial charge in [-0.2, -0.15) is 4.31 Å². The summed E-state index contributed by atoms with van der Waals surface area (Å²) in [5, 5.41) is 0. The second-order valence-electron chi connectivity index (χ2n) is 4.82. The van der Waals surface area contributed by atoms with Crippen LogP contribution in [0.2, 0.25) is 0 Å². The Hall–Kier alpha value is -1.64. The van der Waals surface area contributed by atoms with E-state index in [2.05, 4.69) is 0 Å². The SMILES string of the molecule is COCCN([C@H](C)C(N)=O)S(=O)(=O)c1ccc(OC)c(C)c1. The molecule has 0 bridgehead atoms. The normalized spacial score (nSPS) is 13.1. The average Bonchev–Trinajstić information content (AvgIpc) is 2.46. The van der Waals surface area contributed by atoms with Crippen LogP contribution in [0.15, 0.2) is 23.1 Å². The van der Waals surface area contributed by atoms with Gasteiger partial charge in [0.15, 0.2) is 0 Å². The third-order valence-corrected chi connectivity index (χ3v) is 5.30. The van der Waals surface area contributed by atoms with E-state index in [0.29, 0.717) is 11.3 Å². The lowest BCUT2D eigenvalue weighted by atomic mass is 10.2. The predicted molar refractivity (Wildman–Crippen MR) is 82.2 cm³/mol. The van der Waals surface area contributed by atoms with Crippen LogP contribution >= 0.6 is 0 Å². The summed E-state index contributed by atoms with van der Waals surface area (Å²) in [6, 6.07) is 3.55. The summed E-state index contributed by atoms with van der Waals surface area (Å²) in [7, 11) is -0.902. The first kappa shape index (κ1) is 18.4. The van der Waals surface area contributed by atoms with E-state index in [1.165, 1.54) is 33.3 Å². The Balaban J connectivity index is 3.26. The number of ether oxygens (including phenoxy) is 2. The van der Waals surface area contributed by atoms with Crippen molar-refractivity contribution in [3.8, 4) is 5.75 Å². The Kier molecular flexibility index (Phi) is 6.34. The van der Waals surface area contributed by atoms with Crippen LogP contribution in [0.4, 0.5) is 0 Å². The first-order valence-electron chi connectivity index (χ1n) is 6.70. The molecule has 0 spiro atoms. The Labute approximate surface area is 131 Å². The van der Waals surface area contributed by atoms with Gasteiger partial charge in [-0.25, -0.2) is 8.42 Å². The van der Waals surface area contributed by atoms with Gasteiger partial charge in [0.05, 0.1) is 18.6 Å². The predicted octanol–water partition coefficient (Wildman–Crippen LogP) is 0.515. The van der Waals surface area contributed by atoms with Gasteiger partial charge in [0.1, 0.15) is 11.8 Å². The number of nitrogens with two attached hydrogens (primary N) is 1. The fourth-order valence-corrected chi connectivity index (χ4v) is 3.66. The number of primary amides is 1. The summed E-state index contributed by atoms with van der Waals surface area (Å²) >= 11 is 0. The maximum Gasteiger partial charge on any atom is 0.243 e. The van der Waals surface area contributed by atoms with Crippen LogP contribution in [0.25, 0.3) is 0 Å². The number of rotatable bonds is 8. The summed E-state index contributed by atoms with van der Waals surface area (Å²) in [6.07, 6.45) is 0. The van der Waals surface area contributed by atoms with Crippen LogP contribution in [0.1, 0.15) is 12.5 Å². The van der Waals surface area contributed by atoms with Crippen molar-refractivity contribution in [1.29, 1.82) is 0 Å². The van der Waals surface area contributed by atoms with Crippen LogP contribution in [0.3, 0.4) is 0 Å². The third-order valence-electron chi connectivity index (χ3n) is 3.33. The minimum atomic E-state index is -3.87. The topological polar surface area (TPSA) is 98.9 Å². The Morgan fingerprint density at radius 1 is 1.36 bits per heavy atom. The first-order valence-corrected chi connectivity index (χ1v) is 8.14. The molecule has 1 rings (SSSR count). The molecule has 124 valence electrons. The standard InChI is InChI=1S/C14H22N2O5S/c1-10-9-12(5-6-13(10)21-4)22(18,19)16(7-8-20-3)11(2)14(15)17/h5-6,9,11H,7-8H2,1-4H3,(H2,15,17)/t11-/m1/s1. The molecule has 7 nitrogen and oxygen atoms in total. The highest BCUT2D eigenvalue weighted by Crippen LogP contribution is 2.24. The van der Waals surface area contributed by atoms with Crippen molar-refractivity contribution in [2.75, 3.05) is 27.4 Å². The summed E-state index contributed by atoms with van der Waals surface area (Å²) in [5.74, 6) is -0.129. The average molecular weight is 330 g/mol. The molecule has 1 aromatic carbocycles. The molecule has 0 unspecified atom stereocenters. The fraction of sp³-hybridized carbons (Fsp3) is 0.500. The minimum Gasteiger partial charge on any atom is -0.496 e. The van der Waals surface area contributed by atoms with Gasteiger partial charge in [-0.05, 0) is 37.6 Å². The molecule has 0 aromatic heterocycles. The molecule has 22 heavy (non-hydrogen) atoms. The largest absolute Gasteiger partial charge is 0.496 e. The van der Waals surface area contributed by atoms with Gasteiger partial charge in [0.25, 0.3) is 0 Å². The van der Waals surface area contributed by atoms with E-state index in [1.807, 2.05) is 0 Å². The van der Waals surface area contributed by atoms with E-state index in [-0.39, 0.29) is 18.0 Å². The quantitative estimate of drug-likeness (QED) is 0.749. The van der Waals surface area contributed by atoms with Crippen molar-refractivity contribution in [3.05, 3.63) is 23.8 Å². The zero-order valence-electron chi connectivity index (χ0n) is 13.2. The Morgan fingerprint density at radius 2 is 2.00 bits per heavy atom. The van der Waals surface area contributed by atoms with Gasteiger partial charge in [-0.15, -0.1) is 0 Å². The second-order valence-corrected chi connectivity index (χ2v) is 6.71. The maximum absolute atomic E-state index is 12.8. The van der Waals surface area contributed by atoms with Gasteiger partial charge in [0, 0.05) is 13.7 Å². The van der Waals surface area contributed by atoms with Crippen molar-refractivity contribution in [2.45, 2.75) is 24.8 Å². The number of aryl methyl sites for hydroxylation is 1. The fourth-order valence-electron chi connectivity index (χ4n) is 1.99. The molecule has 0 aliphatic carbocycles.